The number of nitrogens with two attached hydrogens (primary N) is 1. The van der Waals surface area contributed by atoms with Crippen molar-refractivity contribution < 1.29 is 4.79 Å². The first kappa shape index (κ1) is 10.9. The average Bonchev–Trinajstić information content (AvgIpc) is 2.15. The highest BCUT2D eigenvalue weighted by Crippen LogP contribution is 2.13. The number of benzene rings is 1. The van der Waals surface area contributed by atoms with Gasteiger partial charge in [-0.1, -0.05) is 30.7 Å². The SMILES string of the molecule is CCC(N)C(=O)c1ccc(C)cc1C. The standard InChI is InChI=1S/C12H17NO/c1-4-11(13)12(14)10-6-5-8(2)7-9(10)3/h5-7,11H,4,13H2,1-3H3. The van der Waals surface area contributed by atoms with E-state index < -0.39 is 0 Å². The molecule has 0 spiro atoms. The molecule has 0 amide bonds. The molecule has 2 heteroatoms. The van der Waals surface area contributed by atoms with Gasteiger partial charge in [0, 0.05) is 5.56 Å². The Morgan fingerprint density at radius 2 is 2.07 bits per heavy atom. The van der Waals surface area contributed by atoms with Gasteiger partial charge in [-0.2, -0.15) is 0 Å². The number of hydrogen-bond acceptors (Lipinski definition) is 2. The summed E-state index contributed by atoms with van der Waals surface area (Å²) in [7, 11) is 0. The van der Waals surface area contributed by atoms with Crippen molar-refractivity contribution in [3.8, 4) is 0 Å². The van der Waals surface area contributed by atoms with Crippen LogP contribution in [-0.2, 0) is 0 Å². The van der Waals surface area contributed by atoms with Gasteiger partial charge in [0.05, 0.1) is 6.04 Å². The zero-order valence-electron chi connectivity index (χ0n) is 9.00. The van der Waals surface area contributed by atoms with Crippen LogP contribution in [0.1, 0.15) is 34.8 Å². The third kappa shape index (κ3) is 2.20. The molecular weight excluding hydrogens is 174 g/mol. The molecule has 1 aromatic rings. The lowest BCUT2D eigenvalue weighted by molar-refractivity contribution is 0.0959. The summed E-state index contributed by atoms with van der Waals surface area (Å²) in [5, 5.41) is 0. The molecule has 0 aliphatic heterocycles. The van der Waals surface area contributed by atoms with E-state index in [0.717, 1.165) is 11.1 Å². The quantitative estimate of drug-likeness (QED) is 0.744. The number of rotatable bonds is 3. The average molecular weight is 191 g/mol. The largest absolute Gasteiger partial charge is 0.321 e. The van der Waals surface area contributed by atoms with Gasteiger partial charge >= 0.3 is 0 Å². The highest BCUT2D eigenvalue weighted by atomic mass is 16.1. The van der Waals surface area contributed by atoms with Gasteiger partial charge in [0.2, 0.25) is 0 Å². The smallest absolute Gasteiger partial charge is 0.179 e. The number of hydrogen-bond donors (Lipinski definition) is 1. The molecular formula is C12H17NO. The minimum absolute atomic E-state index is 0.0463. The van der Waals surface area contributed by atoms with Crippen LogP contribution in [0.5, 0.6) is 0 Å². The lowest BCUT2D eigenvalue weighted by atomic mass is 9.97. The fraction of sp³-hybridized carbons (Fsp3) is 0.417. The Bertz CT molecular complexity index is 344. The maximum absolute atomic E-state index is 11.8. The van der Waals surface area contributed by atoms with Crippen molar-refractivity contribution >= 4 is 5.78 Å². The molecule has 1 atom stereocenters. The summed E-state index contributed by atoms with van der Waals surface area (Å²) in [5.74, 6) is 0.0463. The zero-order valence-corrected chi connectivity index (χ0v) is 9.00. The molecule has 76 valence electrons. The Hall–Kier alpha value is -1.15. The summed E-state index contributed by atoms with van der Waals surface area (Å²) >= 11 is 0. The summed E-state index contributed by atoms with van der Waals surface area (Å²) in [6.07, 6.45) is 0.687. The third-order valence-electron chi connectivity index (χ3n) is 2.42. The van der Waals surface area contributed by atoms with Gasteiger partial charge in [0.1, 0.15) is 0 Å². The second-order valence-corrected chi connectivity index (χ2v) is 3.70. The molecule has 0 aliphatic rings. The molecule has 2 N–H and O–H groups in total. The van der Waals surface area contributed by atoms with Crippen molar-refractivity contribution in [3.05, 3.63) is 34.9 Å². The third-order valence-corrected chi connectivity index (χ3v) is 2.42. The maximum Gasteiger partial charge on any atom is 0.179 e. The predicted molar refractivity (Wildman–Crippen MR) is 58.5 cm³/mol. The fourth-order valence-corrected chi connectivity index (χ4v) is 1.48. The van der Waals surface area contributed by atoms with E-state index in [0.29, 0.717) is 6.42 Å². The van der Waals surface area contributed by atoms with Crippen LogP contribution in [0.15, 0.2) is 18.2 Å². The Morgan fingerprint density at radius 1 is 1.43 bits per heavy atom. The monoisotopic (exact) mass is 191 g/mol. The first-order chi connectivity index (χ1) is 6.56. The van der Waals surface area contributed by atoms with Gasteiger partial charge in [-0.25, -0.2) is 0 Å². The Morgan fingerprint density at radius 3 is 2.57 bits per heavy atom. The van der Waals surface area contributed by atoms with Crippen LogP contribution in [0.2, 0.25) is 0 Å². The van der Waals surface area contributed by atoms with E-state index in [9.17, 15) is 4.79 Å². The molecule has 0 saturated heterocycles. The van der Waals surface area contributed by atoms with Gasteiger partial charge in [-0.15, -0.1) is 0 Å². The molecule has 1 rings (SSSR count). The summed E-state index contributed by atoms with van der Waals surface area (Å²) < 4.78 is 0. The Balaban J connectivity index is 3.02. The van der Waals surface area contributed by atoms with Crippen molar-refractivity contribution in [2.75, 3.05) is 0 Å². The predicted octanol–water partition coefficient (Wildman–Crippen LogP) is 2.22. The molecule has 0 aliphatic carbocycles. The van der Waals surface area contributed by atoms with E-state index in [1.807, 2.05) is 39.0 Å². The number of carbonyl (C=O) groups is 1. The first-order valence-corrected chi connectivity index (χ1v) is 4.93. The number of aryl methyl sites for hydroxylation is 2. The molecule has 0 aromatic heterocycles. The molecule has 0 heterocycles. The Kier molecular flexibility index (Phi) is 3.42. The van der Waals surface area contributed by atoms with Crippen molar-refractivity contribution in [1.82, 2.24) is 0 Å². The van der Waals surface area contributed by atoms with E-state index >= 15 is 0 Å². The minimum Gasteiger partial charge on any atom is -0.321 e. The molecule has 0 bridgehead atoms. The van der Waals surface area contributed by atoms with Crippen LogP contribution in [0.25, 0.3) is 0 Å². The zero-order chi connectivity index (χ0) is 10.7. The minimum atomic E-state index is -0.364. The van der Waals surface area contributed by atoms with Gasteiger partial charge in [-0.05, 0) is 25.8 Å². The van der Waals surface area contributed by atoms with Gasteiger partial charge < -0.3 is 5.73 Å². The van der Waals surface area contributed by atoms with E-state index in [1.165, 1.54) is 5.56 Å². The van der Waals surface area contributed by atoms with Crippen LogP contribution in [0.3, 0.4) is 0 Å². The number of Topliss-reactive ketones (excluding diaryl/α,β-unsaturated/α-hetero) is 1. The van der Waals surface area contributed by atoms with Crippen LogP contribution in [0.4, 0.5) is 0 Å². The topological polar surface area (TPSA) is 43.1 Å². The van der Waals surface area contributed by atoms with Gasteiger partial charge in [0.25, 0.3) is 0 Å². The van der Waals surface area contributed by atoms with E-state index in [-0.39, 0.29) is 11.8 Å². The molecule has 14 heavy (non-hydrogen) atoms. The van der Waals surface area contributed by atoms with Gasteiger partial charge in [0.15, 0.2) is 5.78 Å². The molecule has 2 nitrogen and oxygen atoms in total. The second kappa shape index (κ2) is 4.38. The van der Waals surface area contributed by atoms with E-state index in [4.69, 9.17) is 5.73 Å². The summed E-state index contributed by atoms with van der Waals surface area (Å²) in [5.41, 5.74) is 8.64. The highest BCUT2D eigenvalue weighted by molar-refractivity contribution is 6.01. The molecule has 0 saturated carbocycles. The van der Waals surface area contributed by atoms with Crippen molar-refractivity contribution in [1.29, 1.82) is 0 Å². The van der Waals surface area contributed by atoms with Crippen molar-refractivity contribution in [3.63, 3.8) is 0 Å². The van der Waals surface area contributed by atoms with Crippen molar-refractivity contribution in [2.45, 2.75) is 33.2 Å². The first-order valence-electron chi connectivity index (χ1n) is 4.93. The Labute approximate surface area is 85.1 Å². The normalized spacial score (nSPS) is 12.6. The maximum atomic E-state index is 11.8. The summed E-state index contributed by atoms with van der Waals surface area (Å²) in [4.78, 5) is 11.8. The van der Waals surface area contributed by atoms with Crippen LogP contribution in [0, 0.1) is 13.8 Å². The van der Waals surface area contributed by atoms with Crippen LogP contribution in [-0.4, -0.2) is 11.8 Å². The fourth-order valence-electron chi connectivity index (χ4n) is 1.48. The van der Waals surface area contributed by atoms with Gasteiger partial charge in [-0.3, -0.25) is 4.79 Å². The summed E-state index contributed by atoms with van der Waals surface area (Å²) in [6.45, 7) is 5.88. The lowest BCUT2D eigenvalue weighted by Crippen LogP contribution is -2.30. The highest BCUT2D eigenvalue weighted by Gasteiger charge is 2.15. The molecule has 0 radical (unpaired) electrons. The molecule has 0 fully saturated rings. The molecule has 1 aromatic carbocycles. The van der Waals surface area contributed by atoms with Crippen LogP contribution >= 0.6 is 0 Å². The number of carbonyl (C=O) groups excluding carboxylic acids is 1. The van der Waals surface area contributed by atoms with Crippen LogP contribution < -0.4 is 5.73 Å². The number of ketones is 1. The summed E-state index contributed by atoms with van der Waals surface area (Å²) in [6, 6.07) is 5.46. The molecule has 1 unspecified atom stereocenters. The van der Waals surface area contributed by atoms with Crippen molar-refractivity contribution in [2.24, 2.45) is 5.73 Å². The second-order valence-electron chi connectivity index (χ2n) is 3.70. The van der Waals surface area contributed by atoms with E-state index in [1.54, 1.807) is 0 Å². The lowest BCUT2D eigenvalue weighted by Gasteiger charge is -2.10. The van der Waals surface area contributed by atoms with E-state index in [2.05, 4.69) is 0 Å².